The Balaban J connectivity index is 1.41. The molecule has 3 aromatic rings. The molecule has 0 aliphatic carbocycles. The van der Waals surface area contributed by atoms with E-state index in [0.29, 0.717) is 30.8 Å². The Morgan fingerprint density at radius 2 is 2.06 bits per heavy atom. The van der Waals surface area contributed by atoms with Gasteiger partial charge in [0.2, 0.25) is 0 Å². The fourth-order valence-corrected chi connectivity index (χ4v) is 4.68. The molecule has 2 aliphatic heterocycles. The molecule has 1 atom stereocenters. The molecule has 5 rings (SSSR count). The Morgan fingerprint density at radius 1 is 1.19 bits per heavy atom. The molecule has 0 saturated carbocycles. The molecule has 0 spiro atoms. The minimum Gasteiger partial charge on any atom is -0.376 e. The molecule has 5 nitrogen and oxygen atoms in total. The number of rotatable bonds is 5. The molecule has 1 fully saturated rings. The second kappa shape index (κ2) is 7.93. The normalized spacial score (nSPS) is 18.1. The predicted molar refractivity (Wildman–Crippen MR) is 116 cm³/mol. The van der Waals surface area contributed by atoms with Crippen LogP contribution in [0.5, 0.6) is 0 Å². The fourth-order valence-electron chi connectivity index (χ4n) is 4.68. The first-order valence-electron chi connectivity index (χ1n) is 10.8. The molecule has 1 aromatic heterocycles. The summed E-state index contributed by atoms with van der Waals surface area (Å²) in [7, 11) is 0. The number of hydrogen-bond acceptors (Lipinski definition) is 3. The summed E-state index contributed by atoms with van der Waals surface area (Å²) in [6.45, 7) is 6.19. The van der Waals surface area contributed by atoms with Gasteiger partial charge in [0.1, 0.15) is 5.82 Å². The minimum absolute atomic E-state index is 0.0596. The molecule has 0 radical (unpaired) electrons. The molecule has 160 valence electrons. The number of fused-ring (bicyclic) bond motifs is 1. The molecule has 31 heavy (non-hydrogen) atoms. The van der Waals surface area contributed by atoms with Gasteiger partial charge in [-0.05, 0) is 78.8 Å². The third-order valence-corrected chi connectivity index (χ3v) is 6.64. The molecule has 2 aromatic carbocycles. The van der Waals surface area contributed by atoms with E-state index in [4.69, 9.17) is 4.74 Å². The van der Waals surface area contributed by atoms with Crippen LogP contribution in [0.3, 0.4) is 0 Å². The van der Waals surface area contributed by atoms with Crippen molar-refractivity contribution in [2.24, 2.45) is 0 Å². The Bertz CT molecular complexity index is 1130. The number of halogens is 1. The van der Waals surface area contributed by atoms with Gasteiger partial charge in [0, 0.05) is 44.1 Å². The van der Waals surface area contributed by atoms with Crippen molar-refractivity contribution in [3.05, 3.63) is 81.9 Å². The molecule has 2 aliphatic rings. The number of ether oxygens (including phenoxy) is 1. The average molecular weight is 420 g/mol. The van der Waals surface area contributed by atoms with Crippen LogP contribution in [0.15, 0.2) is 42.7 Å². The van der Waals surface area contributed by atoms with Gasteiger partial charge in [-0.3, -0.25) is 4.79 Å². The summed E-state index contributed by atoms with van der Waals surface area (Å²) in [5.74, 6) is -0.207. The SMILES string of the molecule is Cc1c(Cc2ccc(-n3cccn3)cc2F)cc2c(c1C)CN(C[C@@H]1CCCO1)C2=O. The van der Waals surface area contributed by atoms with E-state index in [2.05, 4.69) is 18.9 Å². The Morgan fingerprint density at radius 3 is 2.77 bits per heavy atom. The summed E-state index contributed by atoms with van der Waals surface area (Å²) in [6, 6.07) is 8.96. The lowest BCUT2D eigenvalue weighted by Gasteiger charge is -2.19. The lowest BCUT2D eigenvalue weighted by Crippen LogP contribution is -2.32. The van der Waals surface area contributed by atoms with Crippen molar-refractivity contribution >= 4 is 5.91 Å². The lowest BCUT2D eigenvalue weighted by atomic mass is 9.91. The van der Waals surface area contributed by atoms with Crippen molar-refractivity contribution in [3.8, 4) is 5.69 Å². The number of nitrogens with zero attached hydrogens (tertiary/aromatic N) is 3. The molecular weight excluding hydrogens is 393 g/mol. The van der Waals surface area contributed by atoms with Crippen molar-refractivity contribution in [2.75, 3.05) is 13.2 Å². The van der Waals surface area contributed by atoms with Crippen molar-refractivity contribution in [1.82, 2.24) is 14.7 Å². The van der Waals surface area contributed by atoms with Crippen molar-refractivity contribution in [2.45, 2.75) is 45.8 Å². The van der Waals surface area contributed by atoms with Gasteiger partial charge in [-0.2, -0.15) is 5.10 Å². The second-order valence-electron chi connectivity index (χ2n) is 8.54. The molecular formula is C25H26FN3O2. The van der Waals surface area contributed by atoms with Crippen LogP contribution in [0.1, 0.15) is 51.0 Å². The summed E-state index contributed by atoms with van der Waals surface area (Å²) in [6.07, 6.45) is 6.12. The highest BCUT2D eigenvalue weighted by Gasteiger charge is 2.32. The topological polar surface area (TPSA) is 47.4 Å². The number of benzene rings is 2. The number of amides is 1. The maximum Gasteiger partial charge on any atom is 0.254 e. The Hall–Kier alpha value is -2.99. The Labute approximate surface area is 181 Å². The summed E-state index contributed by atoms with van der Waals surface area (Å²) < 4.78 is 22.2. The first-order valence-corrected chi connectivity index (χ1v) is 10.8. The van der Waals surface area contributed by atoms with E-state index in [1.807, 2.05) is 23.1 Å². The quantitative estimate of drug-likeness (QED) is 0.618. The molecule has 0 bridgehead atoms. The van der Waals surface area contributed by atoms with Gasteiger partial charge >= 0.3 is 0 Å². The van der Waals surface area contributed by atoms with Gasteiger partial charge in [-0.25, -0.2) is 9.07 Å². The Kier molecular flexibility index (Phi) is 5.10. The largest absolute Gasteiger partial charge is 0.376 e. The third kappa shape index (κ3) is 3.65. The highest BCUT2D eigenvalue weighted by atomic mass is 19.1. The summed E-state index contributed by atoms with van der Waals surface area (Å²) in [4.78, 5) is 15.0. The van der Waals surface area contributed by atoms with Crippen LogP contribution in [-0.4, -0.2) is 39.8 Å². The molecule has 1 amide bonds. The van der Waals surface area contributed by atoms with E-state index in [9.17, 15) is 9.18 Å². The minimum atomic E-state index is -0.267. The maximum atomic E-state index is 14.9. The maximum absolute atomic E-state index is 14.9. The number of carbonyl (C=O) groups excluding carboxylic acids is 1. The molecule has 0 N–H and O–H groups in total. The van der Waals surface area contributed by atoms with E-state index >= 15 is 0 Å². The standard InChI is InChI=1S/C25H26FN3O2/c1-16-17(2)23-15-28(14-21-5-3-10-31-21)25(30)22(23)12-19(16)11-18-6-7-20(13-24(18)26)29-9-4-8-27-29/h4,6-9,12-13,21H,3,5,10-11,14-15H2,1-2H3/t21-/m0/s1. The predicted octanol–water partition coefficient (Wildman–Crippen LogP) is 4.35. The van der Waals surface area contributed by atoms with E-state index in [0.717, 1.165) is 47.3 Å². The molecule has 1 saturated heterocycles. The van der Waals surface area contributed by atoms with Crippen LogP contribution >= 0.6 is 0 Å². The molecule has 6 heteroatoms. The van der Waals surface area contributed by atoms with E-state index in [1.54, 1.807) is 23.1 Å². The van der Waals surface area contributed by atoms with E-state index in [-0.39, 0.29) is 17.8 Å². The van der Waals surface area contributed by atoms with Crippen LogP contribution in [0.4, 0.5) is 4.39 Å². The zero-order valence-corrected chi connectivity index (χ0v) is 17.9. The van der Waals surface area contributed by atoms with Gasteiger partial charge in [0.15, 0.2) is 0 Å². The summed E-state index contributed by atoms with van der Waals surface area (Å²) >= 11 is 0. The highest BCUT2D eigenvalue weighted by molar-refractivity contribution is 5.99. The third-order valence-electron chi connectivity index (χ3n) is 6.64. The second-order valence-corrected chi connectivity index (χ2v) is 8.54. The summed E-state index contributed by atoms with van der Waals surface area (Å²) in [5, 5.41) is 4.16. The van der Waals surface area contributed by atoms with Gasteiger partial charge in [0.25, 0.3) is 5.91 Å². The smallest absolute Gasteiger partial charge is 0.254 e. The van der Waals surface area contributed by atoms with Gasteiger partial charge in [0.05, 0.1) is 11.8 Å². The lowest BCUT2D eigenvalue weighted by molar-refractivity contribution is 0.0545. The van der Waals surface area contributed by atoms with Crippen molar-refractivity contribution in [1.29, 1.82) is 0 Å². The van der Waals surface area contributed by atoms with Gasteiger partial charge < -0.3 is 9.64 Å². The van der Waals surface area contributed by atoms with Crippen LogP contribution in [0.25, 0.3) is 5.69 Å². The molecule has 0 unspecified atom stereocenters. The average Bonchev–Trinajstić information content (AvgIpc) is 3.52. The van der Waals surface area contributed by atoms with Crippen LogP contribution in [0, 0.1) is 19.7 Å². The highest BCUT2D eigenvalue weighted by Crippen LogP contribution is 2.32. The van der Waals surface area contributed by atoms with E-state index < -0.39 is 0 Å². The van der Waals surface area contributed by atoms with E-state index in [1.165, 1.54) is 6.07 Å². The first-order chi connectivity index (χ1) is 15.0. The zero-order chi connectivity index (χ0) is 21.5. The number of aromatic nitrogens is 2. The number of carbonyl (C=O) groups is 1. The first kappa shape index (κ1) is 19.9. The van der Waals surface area contributed by atoms with Crippen LogP contribution in [0.2, 0.25) is 0 Å². The number of hydrogen-bond donors (Lipinski definition) is 0. The summed E-state index contributed by atoms with van der Waals surface area (Å²) in [5.41, 5.74) is 6.40. The monoisotopic (exact) mass is 419 g/mol. The van der Waals surface area contributed by atoms with Crippen LogP contribution in [-0.2, 0) is 17.7 Å². The fraction of sp³-hybridized carbons (Fsp3) is 0.360. The molecule has 3 heterocycles. The van der Waals surface area contributed by atoms with Crippen LogP contribution < -0.4 is 0 Å². The van der Waals surface area contributed by atoms with Gasteiger partial charge in [-0.15, -0.1) is 0 Å². The van der Waals surface area contributed by atoms with Gasteiger partial charge in [-0.1, -0.05) is 6.07 Å². The zero-order valence-electron chi connectivity index (χ0n) is 17.9. The van der Waals surface area contributed by atoms with Crippen molar-refractivity contribution < 1.29 is 13.9 Å². The van der Waals surface area contributed by atoms with Crippen molar-refractivity contribution in [3.63, 3.8) is 0 Å².